The molecule has 3 aromatic rings. The minimum absolute atomic E-state index is 0.101. The van der Waals surface area contributed by atoms with E-state index in [2.05, 4.69) is 29.1 Å². The molecular formula is C22H25N3O3. The summed E-state index contributed by atoms with van der Waals surface area (Å²) in [5, 5.41) is 14.5. The molecule has 0 atom stereocenters. The molecule has 0 bridgehead atoms. The van der Waals surface area contributed by atoms with Crippen LogP contribution in [0.1, 0.15) is 37.6 Å². The van der Waals surface area contributed by atoms with Gasteiger partial charge in [0.15, 0.2) is 0 Å². The first kappa shape index (κ1) is 19.6. The number of phenolic OH excluding ortho intramolecular Hbond substituents is 1. The summed E-state index contributed by atoms with van der Waals surface area (Å²) < 4.78 is 4.96. The largest absolute Gasteiger partial charge is 0.507 e. The normalized spacial score (nSPS) is 11.0. The molecule has 6 nitrogen and oxygen atoms in total. The summed E-state index contributed by atoms with van der Waals surface area (Å²) in [6, 6.07) is 10.8. The van der Waals surface area contributed by atoms with Crippen molar-refractivity contribution in [3.05, 3.63) is 48.3 Å². The number of nitrogens with zero attached hydrogens (tertiary/aromatic N) is 2. The summed E-state index contributed by atoms with van der Waals surface area (Å²) in [4.78, 5) is 20.6. The Morgan fingerprint density at radius 3 is 2.61 bits per heavy atom. The Morgan fingerprint density at radius 1 is 1.14 bits per heavy atom. The number of esters is 1. The summed E-state index contributed by atoms with van der Waals surface area (Å²) in [5.41, 5.74) is 2.70. The van der Waals surface area contributed by atoms with Crippen LogP contribution in [-0.2, 0) is 4.74 Å². The van der Waals surface area contributed by atoms with Crippen LogP contribution in [0.2, 0.25) is 0 Å². The zero-order chi connectivity index (χ0) is 20.1. The standard InChI is InChI=1S/C22H25N3O3/c1-4-28-22(27)17-7-5-16(12-20(17)26)15-6-8-19-18(11-15)21(25-13-24-19)23-10-9-14(2)3/h5-8,11-14,26H,4,9-10H2,1-3H3,(H,23,24,25). The van der Waals surface area contributed by atoms with Gasteiger partial charge in [0.25, 0.3) is 0 Å². The molecule has 0 unspecified atom stereocenters. The number of aromatic nitrogens is 2. The predicted molar refractivity (Wildman–Crippen MR) is 111 cm³/mol. The number of ether oxygens (including phenoxy) is 1. The first-order valence-electron chi connectivity index (χ1n) is 9.48. The monoisotopic (exact) mass is 379 g/mol. The molecule has 0 spiro atoms. The van der Waals surface area contributed by atoms with Crippen LogP contribution in [-0.4, -0.2) is 34.2 Å². The maximum absolute atomic E-state index is 11.9. The van der Waals surface area contributed by atoms with Crippen LogP contribution in [0.25, 0.3) is 22.0 Å². The van der Waals surface area contributed by atoms with Crippen LogP contribution < -0.4 is 5.32 Å². The van der Waals surface area contributed by atoms with Crippen molar-refractivity contribution in [1.82, 2.24) is 9.97 Å². The van der Waals surface area contributed by atoms with Gasteiger partial charge in [-0.05, 0) is 54.7 Å². The molecule has 2 N–H and O–H groups in total. The molecule has 146 valence electrons. The molecule has 6 heteroatoms. The topological polar surface area (TPSA) is 84.3 Å². The van der Waals surface area contributed by atoms with Gasteiger partial charge in [0.2, 0.25) is 0 Å². The van der Waals surface area contributed by atoms with Gasteiger partial charge in [-0.1, -0.05) is 26.0 Å². The Hall–Kier alpha value is -3.15. The van der Waals surface area contributed by atoms with Crippen molar-refractivity contribution in [1.29, 1.82) is 0 Å². The van der Waals surface area contributed by atoms with E-state index in [1.165, 1.54) is 0 Å². The molecule has 0 saturated heterocycles. The zero-order valence-electron chi connectivity index (χ0n) is 16.4. The molecule has 1 heterocycles. The number of hydrogen-bond acceptors (Lipinski definition) is 6. The number of fused-ring (bicyclic) bond motifs is 1. The molecule has 0 aliphatic rings. The first-order chi connectivity index (χ1) is 13.5. The molecule has 0 fully saturated rings. The fourth-order valence-corrected chi connectivity index (χ4v) is 2.95. The molecule has 0 aliphatic heterocycles. The molecule has 0 saturated carbocycles. The van der Waals surface area contributed by atoms with Crippen LogP contribution in [0.15, 0.2) is 42.7 Å². The highest BCUT2D eigenvalue weighted by atomic mass is 16.5. The molecule has 3 rings (SSSR count). The summed E-state index contributed by atoms with van der Waals surface area (Å²) in [6.45, 7) is 7.20. The van der Waals surface area contributed by atoms with E-state index >= 15 is 0 Å². The van der Waals surface area contributed by atoms with Crippen molar-refractivity contribution in [2.75, 3.05) is 18.5 Å². The number of aromatic hydroxyl groups is 1. The quantitative estimate of drug-likeness (QED) is 0.582. The first-order valence-corrected chi connectivity index (χ1v) is 9.48. The number of hydrogen-bond donors (Lipinski definition) is 2. The van der Waals surface area contributed by atoms with Gasteiger partial charge in [-0.2, -0.15) is 0 Å². The van der Waals surface area contributed by atoms with Gasteiger partial charge in [-0.15, -0.1) is 0 Å². The van der Waals surface area contributed by atoms with Crippen molar-refractivity contribution >= 4 is 22.7 Å². The van der Waals surface area contributed by atoms with Crippen molar-refractivity contribution in [3.63, 3.8) is 0 Å². The van der Waals surface area contributed by atoms with Gasteiger partial charge in [0.1, 0.15) is 23.5 Å². The summed E-state index contributed by atoms with van der Waals surface area (Å²) in [6.07, 6.45) is 2.61. The maximum Gasteiger partial charge on any atom is 0.341 e. The fraction of sp³-hybridized carbons (Fsp3) is 0.318. The highest BCUT2D eigenvalue weighted by Crippen LogP contribution is 2.30. The van der Waals surface area contributed by atoms with E-state index in [0.29, 0.717) is 5.92 Å². The van der Waals surface area contributed by atoms with E-state index in [9.17, 15) is 9.90 Å². The lowest BCUT2D eigenvalue weighted by molar-refractivity contribution is 0.0523. The minimum Gasteiger partial charge on any atom is -0.507 e. The van der Waals surface area contributed by atoms with Gasteiger partial charge in [0.05, 0.1) is 12.1 Å². The molecule has 0 aliphatic carbocycles. The summed E-state index contributed by atoms with van der Waals surface area (Å²) in [7, 11) is 0. The van der Waals surface area contributed by atoms with Crippen molar-refractivity contribution < 1.29 is 14.6 Å². The molecule has 2 aromatic carbocycles. The smallest absolute Gasteiger partial charge is 0.341 e. The number of anilines is 1. The Labute approximate surface area is 164 Å². The zero-order valence-corrected chi connectivity index (χ0v) is 16.4. The van der Waals surface area contributed by atoms with Gasteiger partial charge >= 0.3 is 5.97 Å². The van der Waals surface area contributed by atoms with Crippen molar-refractivity contribution in [3.8, 4) is 16.9 Å². The van der Waals surface area contributed by atoms with E-state index in [1.807, 2.05) is 18.2 Å². The average Bonchev–Trinajstić information content (AvgIpc) is 2.67. The lowest BCUT2D eigenvalue weighted by Crippen LogP contribution is -2.07. The van der Waals surface area contributed by atoms with Gasteiger partial charge < -0.3 is 15.2 Å². The maximum atomic E-state index is 11.9. The molecule has 1 aromatic heterocycles. The van der Waals surface area contributed by atoms with Crippen molar-refractivity contribution in [2.24, 2.45) is 5.92 Å². The fourth-order valence-electron chi connectivity index (χ4n) is 2.95. The highest BCUT2D eigenvalue weighted by Gasteiger charge is 2.14. The highest BCUT2D eigenvalue weighted by molar-refractivity contribution is 5.95. The van der Waals surface area contributed by atoms with Crippen LogP contribution >= 0.6 is 0 Å². The SMILES string of the molecule is CCOC(=O)c1ccc(-c2ccc3ncnc(NCCC(C)C)c3c2)cc1O. The Bertz CT molecular complexity index is 986. The third-order valence-electron chi connectivity index (χ3n) is 4.48. The van der Waals surface area contributed by atoms with Crippen LogP contribution in [0.3, 0.4) is 0 Å². The molecule has 0 radical (unpaired) electrons. The number of carbonyl (C=O) groups excluding carboxylic acids is 1. The Morgan fingerprint density at radius 2 is 1.89 bits per heavy atom. The third kappa shape index (κ3) is 4.39. The summed E-state index contributed by atoms with van der Waals surface area (Å²) >= 11 is 0. The molecule has 0 amide bonds. The van der Waals surface area contributed by atoms with Crippen LogP contribution in [0.5, 0.6) is 5.75 Å². The number of benzene rings is 2. The van der Waals surface area contributed by atoms with Crippen molar-refractivity contribution in [2.45, 2.75) is 27.2 Å². The number of phenols is 1. The molecule has 28 heavy (non-hydrogen) atoms. The lowest BCUT2D eigenvalue weighted by Gasteiger charge is -2.11. The lowest BCUT2D eigenvalue weighted by atomic mass is 10.0. The molecular weight excluding hydrogens is 354 g/mol. The predicted octanol–water partition coefficient (Wildman–Crippen LogP) is 4.64. The number of nitrogens with one attached hydrogen (secondary N) is 1. The Kier molecular flexibility index (Phi) is 6.09. The van der Waals surface area contributed by atoms with Gasteiger partial charge in [0, 0.05) is 11.9 Å². The number of rotatable bonds is 7. The van der Waals surface area contributed by atoms with Gasteiger partial charge in [-0.25, -0.2) is 14.8 Å². The third-order valence-corrected chi connectivity index (χ3v) is 4.48. The van der Waals surface area contributed by atoms with Crippen LogP contribution in [0, 0.1) is 5.92 Å². The number of carbonyl (C=O) groups is 1. The Balaban J connectivity index is 1.93. The minimum atomic E-state index is -0.532. The van der Waals surface area contributed by atoms with Crippen LogP contribution in [0.4, 0.5) is 5.82 Å². The van der Waals surface area contributed by atoms with Gasteiger partial charge in [-0.3, -0.25) is 0 Å². The summed E-state index contributed by atoms with van der Waals surface area (Å²) in [5.74, 6) is 0.766. The van der Waals surface area contributed by atoms with E-state index in [0.717, 1.165) is 40.8 Å². The average molecular weight is 379 g/mol. The van der Waals surface area contributed by atoms with E-state index in [1.54, 1.807) is 31.5 Å². The van der Waals surface area contributed by atoms with E-state index in [-0.39, 0.29) is 17.9 Å². The second-order valence-electron chi connectivity index (χ2n) is 7.02. The van der Waals surface area contributed by atoms with E-state index < -0.39 is 5.97 Å². The second kappa shape index (κ2) is 8.69. The van der Waals surface area contributed by atoms with E-state index in [4.69, 9.17) is 4.74 Å². The second-order valence-corrected chi connectivity index (χ2v) is 7.02.